The lowest BCUT2D eigenvalue weighted by Gasteiger charge is -1.85. The summed E-state index contributed by atoms with van der Waals surface area (Å²) in [5, 5.41) is 8.49. The van der Waals surface area contributed by atoms with E-state index in [1.165, 1.54) is 0 Å². The molecule has 0 aliphatic carbocycles. The van der Waals surface area contributed by atoms with E-state index in [0.29, 0.717) is 0 Å². The molecule has 0 unspecified atom stereocenters. The van der Waals surface area contributed by atoms with E-state index >= 15 is 0 Å². The zero-order chi connectivity index (χ0) is 10.9. The Morgan fingerprint density at radius 3 is 1.87 bits per heavy atom. The van der Waals surface area contributed by atoms with Crippen LogP contribution in [0.2, 0.25) is 0 Å². The van der Waals surface area contributed by atoms with Gasteiger partial charge in [0.05, 0.1) is 0 Å². The standard InChI is InChI=1S/C13H12O2/c14-13(15)11-10-12-8-6-4-2-1-3-5-7-9-12/h1-11H,(H,14,15). The summed E-state index contributed by atoms with van der Waals surface area (Å²) < 4.78 is 0. The lowest BCUT2D eigenvalue weighted by molar-refractivity contribution is -0.131. The number of rotatable bonds is 2. The second-order valence-corrected chi connectivity index (χ2v) is 2.85. The topological polar surface area (TPSA) is 37.3 Å². The van der Waals surface area contributed by atoms with Crippen molar-refractivity contribution in [2.24, 2.45) is 0 Å². The van der Waals surface area contributed by atoms with Gasteiger partial charge in [0.2, 0.25) is 0 Å². The predicted molar refractivity (Wildman–Crippen MR) is 60.7 cm³/mol. The first-order valence-corrected chi connectivity index (χ1v) is 4.58. The highest BCUT2D eigenvalue weighted by Crippen LogP contribution is 1.97. The van der Waals surface area contributed by atoms with E-state index in [9.17, 15) is 4.79 Å². The first kappa shape index (κ1) is 11.0. The normalized spacial score (nSPS) is 9.60. The third-order valence-electron chi connectivity index (χ3n) is 1.66. The van der Waals surface area contributed by atoms with Crippen molar-refractivity contribution in [1.29, 1.82) is 0 Å². The lowest BCUT2D eigenvalue weighted by atomic mass is 10.2. The van der Waals surface area contributed by atoms with Gasteiger partial charge in [0.25, 0.3) is 0 Å². The van der Waals surface area contributed by atoms with E-state index in [2.05, 4.69) is 0 Å². The summed E-state index contributed by atoms with van der Waals surface area (Å²) in [6.45, 7) is 0. The van der Waals surface area contributed by atoms with Crippen LogP contribution in [0.25, 0.3) is 6.08 Å². The zero-order valence-corrected chi connectivity index (χ0v) is 8.21. The fourth-order valence-corrected chi connectivity index (χ4v) is 0.988. The molecule has 1 aromatic carbocycles. The highest BCUT2D eigenvalue weighted by atomic mass is 16.4. The van der Waals surface area contributed by atoms with Crippen molar-refractivity contribution in [3.63, 3.8) is 0 Å². The van der Waals surface area contributed by atoms with Gasteiger partial charge in [-0.2, -0.15) is 0 Å². The highest BCUT2D eigenvalue weighted by molar-refractivity contribution is 5.85. The largest absolute Gasteiger partial charge is 0.478 e. The van der Waals surface area contributed by atoms with Crippen LogP contribution in [-0.2, 0) is 4.79 Å². The van der Waals surface area contributed by atoms with Gasteiger partial charge in [0, 0.05) is 6.08 Å². The summed E-state index contributed by atoms with van der Waals surface area (Å²) >= 11 is 0. The molecule has 0 saturated carbocycles. The molecule has 0 aromatic heterocycles. The molecular formula is C13H12O2. The molecule has 0 amide bonds. The van der Waals surface area contributed by atoms with Gasteiger partial charge in [-0.3, -0.25) is 0 Å². The van der Waals surface area contributed by atoms with Crippen LogP contribution in [0.3, 0.4) is 0 Å². The van der Waals surface area contributed by atoms with E-state index in [-0.39, 0.29) is 0 Å². The minimum Gasteiger partial charge on any atom is -0.478 e. The Morgan fingerprint density at radius 2 is 1.40 bits per heavy atom. The smallest absolute Gasteiger partial charge is 0.328 e. The van der Waals surface area contributed by atoms with Crippen LogP contribution in [0, 0.1) is 0 Å². The van der Waals surface area contributed by atoms with Gasteiger partial charge >= 0.3 is 5.97 Å². The van der Waals surface area contributed by atoms with E-state index < -0.39 is 5.97 Å². The molecule has 0 bridgehead atoms. The molecule has 0 aliphatic rings. The monoisotopic (exact) mass is 200 g/mol. The number of hydrogen-bond acceptors (Lipinski definition) is 1. The molecule has 0 radical (unpaired) electrons. The average Bonchev–Trinajstić information content (AvgIpc) is 2.23. The van der Waals surface area contributed by atoms with E-state index in [1.54, 1.807) is 6.08 Å². The molecule has 15 heavy (non-hydrogen) atoms. The second kappa shape index (κ2) is 6.38. The van der Waals surface area contributed by atoms with E-state index in [0.717, 1.165) is 11.6 Å². The number of carboxylic acids is 1. The van der Waals surface area contributed by atoms with Gasteiger partial charge in [0.15, 0.2) is 0 Å². The Labute approximate surface area is 88.8 Å². The molecule has 0 spiro atoms. The Balaban J connectivity index is 3.03. The summed E-state index contributed by atoms with van der Waals surface area (Å²) in [5.74, 6) is -0.944. The summed E-state index contributed by atoms with van der Waals surface area (Å²) in [7, 11) is 0. The summed E-state index contributed by atoms with van der Waals surface area (Å²) in [6.07, 6.45) is 2.68. The lowest BCUT2D eigenvalue weighted by Crippen LogP contribution is -1.84. The van der Waals surface area contributed by atoms with Gasteiger partial charge in [-0.15, -0.1) is 0 Å². The van der Waals surface area contributed by atoms with Crippen molar-refractivity contribution in [2.45, 2.75) is 0 Å². The van der Waals surface area contributed by atoms with Gasteiger partial charge in [-0.25, -0.2) is 4.79 Å². The fraction of sp³-hybridized carbons (Fsp3) is 0. The molecule has 0 aliphatic heterocycles. The first-order chi connectivity index (χ1) is 7.29. The van der Waals surface area contributed by atoms with Crippen molar-refractivity contribution in [3.8, 4) is 0 Å². The number of hydrogen-bond donors (Lipinski definition) is 1. The van der Waals surface area contributed by atoms with Crippen LogP contribution in [0.15, 0.2) is 60.7 Å². The molecule has 0 atom stereocenters. The second-order valence-electron chi connectivity index (χ2n) is 2.85. The molecule has 76 valence electrons. The van der Waals surface area contributed by atoms with Gasteiger partial charge in [-0.1, -0.05) is 54.6 Å². The number of carbonyl (C=O) groups is 1. The van der Waals surface area contributed by atoms with Crippen molar-refractivity contribution in [3.05, 3.63) is 66.2 Å². The summed E-state index contributed by atoms with van der Waals surface area (Å²) in [6, 6.07) is 16.9. The maximum absolute atomic E-state index is 10.3. The summed E-state index contributed by atoms with van der Waals surface area (Å²) in [4.78, 5) is 10.3. The third kappa shape index (κ3) is 5.26. The Hall–Kier alpha value is -2.09. The van der Waals surface area contributed by atoms with Crippen molar-refractivity contribution >= 4 is 12.0 Å². The molecule has 2 nitrogen and oxygen atoms in total. The maximum Gasteiger partial charge on any atom is 0.328 e. The molecule has 2 heteroatoms. The van der Waals surface area contributed by atoms with Crippen LogP contribution in [-0.4, -0.2) is 11.1 Å². The van der Waals surface area contributed by atoms with Gasteiger partial charge in [-0.05, 0) is 11.6 Å². The number of aliphatic carboxylic acids is 1. The van der Waals surface area contributed by atoms with Crippen LogP contribution in [0.5, 0.6) is 0 Å². The SMILES string of the molecule is O=C(O)C=Cc1ccccccccc1. The van der Waals surface area contributed by atoms with Crippen molar-refractivity contribution < 1.29 is 9.90 Å². The Kier molecular flexibility index (Phi) is 4.67. The fourth-order valence-electron chi connectivity index (χ4n) is 0.988. The first-order valence-electron chi connectivity index (χ1n) is 4.58. The van der Waals surface area contributed by atoms with Crippen molar-refractivity contribution in [1.82, 2.24) is 0 Å². The molecule has 0 saturated heterocycles. The van der Waals surface area contributed by atoms with Crippen molar-refractivity contribution in [2.75, 3.05) is 0 Å². The maximum atomic E-state index is 10.3. The Bertz CT molecular complexity index is 382. The molecule has 0 heterocycles. The van der Waals surface area contributed by atoms with E-state index in [4.69, 9.17) is 5.11 Å². The molecule has 1 rings (SSSR count). The minimum atomic E-state index is -0.944. The third-order valence-corrected chi connectivity index (χ3v) is 1.66. The zero-order valence-electron chi connectivity index (χ0n) is 8.21. The molecule has 1 N–H and O–H groups in total. The number of carboxylic acid groups (broad SMARTS) is 1. The molecule has 0 fully saturated rings. The minimum absolute atomic E-state index is 0.841. The molecular weight excluding hydrogens is 188 g/mol. The Morgan fingerprint density at radius 1 is 0.933 bits per heavy atom. The molecule has 1 aromatic rings. The summed E-state index contributed by atoms with van der Waals surface area (Å²) in [5.41, 5.74) is 0.841. The van der Waals surface area contributed by atoms with Crippen LogP contribution < -0.4 is 0 Å². The van der Waals surface area contributed by atoms with Crippen LogP contribution in [0.1, 0.15) is 5.56 Å². The van der Waals surface area contributed by atoms with Gasteiger partial charge in [0.1, 0.15) is 0 Å². The average molecular weight is 200 g/mol. The highest BCUT2D eigenvalue weighted by Gasteiger charge is 1.85. The quantitative estimate of drug-likeness (QED) is 0.745. The van der Waals surface area contributed by atoms with E-state index in [1.807, 2.05) is 54.6 Å². The van der Waals surface area contributed by atoms with Crippen LogP contribution >= 0.6 is 0 Å². The van der Waals surface area contributed by atoms with Crippen LogP contribution in [0.4, 0.5) is 0 Å². The van der Waals surface area contributed by atoms with Gasteiger partial charge < -0.3 is 5.11 Å². The predicted octanol–water partition coefficient (Wildman–Crippen LogP) is 2.91.